The molecule has 5 heteroatoms. The monoisotopic (exact) mass is 309 g/mol. The minimum absolute atomic E-state index is 0.00161. The fraction of sp³-hybridized carbons (Fsp3) is 0.333. The first-order valence-corrected chi connectivity index (χ1v) is 7.88. The highest BCUT2D eigenvalue weighted by Crippen LogP contribution is 2.41. The Labute approximate surface area is 134 Å². The van der Waals surface area contributed by atoms with Crippen molar-refractivity contribution < 1.29 is 9.59 Å². The molecule has 2 aromatic rings. The molecule has 2 aliphatic rings. The minimum Gasteiger partial charge on any atom is -0.356 e. The Morgan fingerprint density at radius 1 is 1.35 bits per heavy atom. The second-order valence-electron chi connectivity index (χ2n) is 6.37. The normalized spacial score (nSPS) is 23.9. The molecular weight excluding hydrogens is 290 g/mol. The van der Waals surface area contributed by atoms with Crippen LogP contribution in [0.2, 0.25) is 0 Å². The highest BCUT2D eigenvalue weighted by Gasteiger charge is 2.53. The topological polar surface area (TPSA) is 56.4 Å². The Morgan fingerprint density at radius 2 is 2.13 bits per heavy atom. The van der Waals surface area contributed by atoms with E-state index in [1.54, 1.807) is 15.9 Å². The van der Waals surface area contributed by atoms with E-state index in [4.69, 9.17) is 0 Å². The molecular formula is C18H19N3O2. The fourth-order valence-corrected chi connectivity index (χ4v) is 3.99. The SMILES string of the molecule is C=CCN1CC(=O)N2CCc3c([nH]c4ccccc34)[C@@]2(C)C1=O. The molecule has 0 aliphatic carbocycles. The number of rotatable bonds is 2. The van der Waals surface area contributed by atoms with Crippen LogP contribution in [0, 0.1) is 0 Å². The van der Waals surface area contributed by atoms with Crippen molar-refractivity contribution in [3.8, 4) is 0 Å². The number of nitrogens with one attached hydrogen (secondary N) is 1. The first-order valence-electron chi connectivity index (χ1n) is 7.88. The van der Waals surface area contributed by atoms with Gasteiger partial charge in [-0.25, -0.2) is 0 Å². The summed E-state index contributed by atoms with van der Waals surface area (Å²) in [6, 6.07) is 8.06. The van der Waals surface area contributed by atoms with Crippen molar-refractivity contribution in [2.75, 3.05) is 19.6 Å². The maximum Gasteiger partial charge on any atom is 0.255 e. The maximum atomic E-state index is 13.1. The van der Waals surface area contributed by atoms with Crippen LogP contribution in [-0.2, 0) is 21.5 Å². The maximum absolute atomic E-state index is 13.1. The number of fused-ring (bicyclic) bond motifs is 5. The van der Waals surface area contributed by atoms with Crippen molar-refractivity contribution in [1.29, 1.82) is 0 Å². The van der Waals surface area contributed by atoms with Gasteiger partial charge in [-0.2, -0.15) is 0 Å². The van der Waals surface area contributed by atoms with Crippen molar-refractivity contribution in [2.24, 2.45) is 0 Å². The van der Waals surface area contributed by atoms with E-state index in [0.29, 0.717) is 13.1 Å². The van der Waals surface area contributed by atoms with Crippen LogP contribution in [0.4, 0.5) is 0 Å². The van der Waals surface area contributed by atoms with Crippen LogP contribution in [-0.4, -0.2) is 46.2 Å². The van der Waals surface area contributed by atoms with E-state index in [-0.39, 0.29) is 18.4 Å². The minimum atomic E-state index is -0.953. The van der Waals surface area contributed by atoms with Gasteiger partial charge in [-0.3, -0.25) is 9.59 Å². The third-order valence-corrected chi connectivity index (χ3v) is 5.11. The van der Waals surface area contributed by atoms with Crippen molar-refractivity contribution in [3.05, 3.63) is 48.2 Å². The van der Waals surface area contributed by atoms with Crippen LogP contribution in [0.15, 0.2) is 36.9 Å². The van der Waals surface area contributed by atoms with Gasteiger partial charge in [0.1, 0.15) is 6.54 Å². The summed E-state index contributed by atoms with van der Waals surface area (Å²) in [6.07, 6.45) is 2.44. The number of amides is 2. The summed E-state index contributed by atoms with van der Waals surface area (Å²) < 4.78 is 0. The summed E-state index contributed by atoms with van der Waals surface area (Å²) in [5.74, 6) is -0.0391. The predicted molar refractivity (Wildman–Crippen MR) is 87.8 cm³/mol. The third kappa shape index (κ3) is 1.73. The lowest BCUT2D eigenvalue weighted by Gasteiger charge is -2.49. The van der Waals surface area contributed by atoms with E-state index in [2.05, 4.69) is 17.6 Å². The summed E-state index contributed by atoms with van der Waals surface area (Å²) in [7, 11) is 0. The largest absolute Gasteiger partial charge is 0.356 e. The molecule has 0 saturated carbocycles. The number of para-hydroxylation sites is 1. The number of carbonyl (C=O) groups is 2. The molecule has 1 N–H and O–H groups in total. The van der Waals surface area contributed by atoms with E-state index in [0.717, 1.165) is 28.6 Å². The second-order valence-corrected chi connectivity index (χ2v) is 6.37. The molecule has 1 aromatic heterocycles. The van der Waals surface area contributed by atoms with Gasteiger partial charge in [0, 0.05) is 24.0 Å². The van der Waals surface area contributed by atoms with Gasteiger partial charge < -0.3 is 14.8 Å². The van der Waals surface area contributed by atoms with E-state index in [1.165, 1.54) is 0 Å². The average Bonchev–Trinajstić information content (AvgIpc) is 2.93. The number of hydrogen-bond acceptors (Lipinski definition) is 2. The molecule has 1 saturated heterocycles. The lowest BCUT2D eigenvalue weighted by atomic mass is 9.83. The summed E-state index contributed by atoms with van der Waals surface area (Å²) in [5.41, 5.74) is 2.07. The van der Waals surface area contributed by atoms with Crippen LogP contribution < -0.4 is 0 Å². The lowest BCUT2D eigenvalue weighted by Crippen LogP contribution is -2.66. The van der Waals surface area contributed by atoms with Crippen molar-refractivity contribution >= 4 is 22.7 Å². The van der Waals surface area contributed by atoms with Gasteiger partial charge in [-0.1, -0.05) is 24.3 Å². The Balaban J connectivity index is 1.93. The van der Waals surface area contributed by atoms with Gasteiger partial charge in [-0.15, -0.1) is 6.58 Å². The van der Waals surface area contributed by atoms with E-state index in [1.807, 2.05) is 25.1 Å². The molecule has 5 nitrogen and oxygen atoms in total. The zero-order valence-electron chi connectivity index (χ0n) is 13.1. The summed E-state index contributed by atoms with van der Waals surface area (Å²) >= 11 is 0. The number of benzene rings is 1. The van der Waals surface area contributed by atoms with Gasteiger partial charge in [0.25, 0.3) is 5.91 Å². The van der Waals surface area contributed by atoms with Gasteiger partial charge in [-0.05, 0) is 25.0 Å². The second kappa shape index (κ2) is 4.72. The molecule has 0 bridgehead atoms. The number of aromatic amines is 1. The smallest absolute Gasteiger partial charge is 0.255 e. The molecule has 2 amide bonds. The number of hydrogen-bond donors (Lipinski definition) is 1. The molecule has 23 heavy (non-hydrogen) atoms. The zero-order valence-corrected chi connectivity index (χ0v) is 13.1. The zero-order chi connectivity index (χ0) is 16.2. The highest BCUT2D eigenvalue weighted by molar-refractivity contribution is 6.00. The van der Waals surface area contributed by atoms with Crippen LogP contribution in [0.5, 0.6) is 0 Å². The predicted octanol–water partition coefficient (Wildman–Crippen LogP) is 1.80. The van der Waals surface area contributed by atoms with Gasteiger partial charge in [0.05, 0.1) is 5.69 Å². The van der Waals surface area contributed by atoms with E-state index >= 15 is 0 Å². The molecule has 0 unspecified atom stereocenters. The Bertz CT molecular complexity index is 838. The molecule has 0 spiro atoms. The van der Waals surface area contributed by atoms with Gasteiger partial charge >= 0.3 is 0 Å². The Hall–Kier alpha value is -2.56. The van der Waals surface area contributed by atoms with Gasteiger partial charge in [0.2, 0.25) is 5.91 Å². The molecule has 118 valence electrons. The Kier molecular flexibility index (Phi) is 2.88. The van der Waals surface area contributed by atoms with Crippen molar-refractivity contribution in [2.45, 2.75) is 18.9 Å². The number of H-pyrrole nitrogens is 1. The van der Waals surface area contributed by atoms with E-state index < -0.39 is 5.54 Å². The molecule has 3 heterocycles. The van der Waals surface area contributed by atoms with Gasteiger partial charge in [0.15, 0.2) is 5.54 Å². The summed E-state index contributed by atoms with van der Waals surface area (Å²) in [4.78, 5) is 32.4. The van der Waals surface area contributed by atoms with Crippen LogP contribution >= 0.6 is 0 Å². The molecule has 0 radical (unpaired) electrons. The first-order chi connectivity index (χ1) is 11.1. The van der Waals surface area contributed by atoms with Crippen LogP contribution in [0.1, 0.15) is 18.2 Å². The Morgan fingerprint density at radius 3 is 2.91 bits per heavy atom. The van der Waals surface area contributed by atoms with Crippen molar-refractivity contribution in [1.82, 2.24) is 14.8 Å². The molecule has 2 aliphatic heterocycles. The third-order valence-electron chi connectivity index (χ3n) is 5.11. The molecule has 1 fully saturated rings. The number of carbonyl (C=O) groups excluding carboxylic acids is 2. The average molecular weight is 309 g/mol. The van der Waals surface area contributed by atoms with Crippen LogP contribution in [0.25, 0.3) is 10.9 Å². The summed E-state index contributed by atoms with van der Waals surface area (Å²) in [6.45, 7) is 6.66. The van der Waals surface area contributed by atoms with Crippen molar-refractivity contribution in [3.63, 3.8) is 0 Å². The molecule has 4 rings (SSSR count). The van der Waals surface area contributed by atoms with E-state index in [9.17, 15) is 9.59 Å². The molecule has 1 aromatic carbocycles. The summed E-state index contributed by atoms with van der Waals surface area (Å²) in [5, 5.41) is 1.14. The molecule has 1 atom stereocenters. The number of piperazine rings is 1. The quantitative estimate of drug-likeness (QED) is 0.860. The fourth-order valence-electron chi connectivity index (χ4n) is 3.99. The lowest BCUT2D eigenvalue weighted by molar-refractivity contribution is -0.165. The number of nitrogens with zero attached hydrogens (tertiary/aromatic N) is 2. The first kappa shape index (κ1) is 14.1. The standard InChI is InChI=1S/C18H19N3O2/c1-3-9-20-11-15(22)21-10-8-13-12-6-4-5-7-14(12)19-16(13)18(21,2)17(20)23/h3-7,19H,1,8-11H2,2H3/t18-/m0/s1. The highest BCUT2D eigenvalue weighted by atomic mass is 16.2. The van der Waals surface area contributed by atoms with Crippen LogP contribution in [0.3, 0.4) is 0 Å². The number of aromatic nitrogens is 1.